The molecule has 3 heteroatoms. The van der Waals surface area contributed by atoms with Gasteiger partial charge in [-0.3, -0.25) is 4.68 Å². The van der Waals surface area contributed by atoms with E-state index in [0.717, 1.165) is 12.4 Å². The van der Waals surface area contributed by atoms with Crippen LogP contribution in [0, 0.1) is 12.3 Å². The Labute approximate surface area is 91.2 Å². The smallest absolute Gasteiger partial charge is 0.150 e. The molecule has 0 saturated carbocycles. The van der Waals surface area contributed by atoms with E-state index in [0.29, 0.717) is 5.41 Å². The van der Waals surface area contributed by atoms with Gasteiger partial charge in [-0.25, -0.2) is 0 Å². The summed E-state index contributed by atoms with van der Waals surface area (Å²) in [5, 5.41) is 7.83. The number of aryl methyl sites for hydroxylation is 2. The Morgan fingerprint density at radius 1 is 1.47 bits per heavy atom. The highest BCUT2D eigenvalue weighted by Gasteiger charge is 2.25. The lowest BCUT2D eigenvalue weighted by Gasteiger charge is -2.23. The first kappa shape index (κ1) is 10.3. The van der Waals surface area contributed by atoms with Crippen LogP contribution < -0.4 is 5.32 Å². The monoisotopic (exact) mass is 205 g/mol. The molecule has 3 nitrogen and oxygen atoms in total. The van der Waals surface area contributed by atoms with E-state index in [1.54, 1.807) is 0 Å². The van der Waals surface area contributed by atoms with E-state index in [-0.39, 0.29) is 0 Å². The van der Waals surface area contributed by atoms with Crippen molar-refractivity contribution in [3.8, 4) is 0 Å². The highest BCUT2D eigenvalue weighted by atomic mass is 15.3. The standard InChI is InChI=1S/C12H19N3/c1-10-8-15(3)14-11(10)13-9-12(2)6-4-5-7-12/h4-5,8H,6-7,9H2,1-3H3,(H,13,14). The zero-order valence-corrected chi connectivity index (χ0v) is 9.75. The van der Waals surface area contributed by atoms with Gasteiger partial charge in [0.1, 0.15) is 0 Å². The average Bonchev–Trinajstić information content (AvgIpc) is 2.71. The Hall–Kier alpha value is -1.25. The van der Waals surface area contributed by atoms with Gasteiger partial charge in [-0.15, -0.1) is 0 Å². The topological polar surface area (TPSA) is 29.9 Å². The van der Waals surface area contributed by atoms with Crippen LogP contribution in [0.2, 0.25) is 0 Å². The average molecular weight is 205 g/mol. The summed E-state index contributed by atoms with van der Waals surface area (Å²) in [6.45, 7) is 5.40. The van der Waals surface area contributed by atoms with Crippen LogP contribution in [0.1, 0.15) is 25.3 Å². The SMILES string of the molecule is Cc1cn(C)nc1NCC1(C)CC=CC1. The fourth-order valence-electron chi connectivity index (χ4n) is 2.04. The maximum absolute atomic E-state index is 4.39. The summed E-state index contributed by atoms with van der Waals surface area (Å²) < 4.78 is 1.85. The first-order chi connectivity index (χ1) is 7.09. The molecule has 1 aromatic heterocycles. The summed E-state index contributed by atoms with van der Waals surface area (Å²) in [5.41, 5.74) is 1.59. The summed E-state index contributed by atoms with van der Waals surface area (Å²) in [4.78, 5) is 0. The minimum absolute atomic E-state index is 0.379. The molecule has 1 aliphatic rings. The van der Waals surface area contributed by atoms with Gasteiger partial charge in [-0.1, -0.05) is 19.1 Å². The first-order valence-electron chi connectivity index (χ1n) is 5.48. The van der Waals surface area contributed by atoms with Gasteiger partial charge in [0.05, 0.1) is 0 Å². The van der Waals surface area contributed by atoms with Gasteiger partial charge in [0.25, 0.3) is 0 Å². The van der Waals surface area contributed by atoms with E-state index in [9.17, 15) is 0 Å². The number of hydrogen-bond donors (Lipinski definition) is 1. The molecule has 0 bridgehead atoms. The Balaban J connectivity index is 1.96. The molecule has 0 aliphatic heterocycles. The number of rotatable bonds is 3. The highest BCUT2D eigenvalue weighted by molar-refractivity contribution is 5.42. The molecular weight excluding hydrogens is 186 g/mol. The van der Waals surface area contributed by atoms with Crippen LogP contribution in [0.25, 0.3) is 0 Å². The molecule has 1 heterocycles. The largest absolute Gasteiger partial charge is 0.368 e. The molecule has 2 rings (SSSR count). The summed E-state index contributed by atoms with van der Waals surface area (Å²) in [6, 6.07) is 0. The van der Waals surface area contributed by atoms with Gasteiger partial charge in [0, 0.05) is 25.4 Å². The summed E-state index contributed by atoms with van der Waals surface area (Å²) >= 11 is 0. The van der Waals surface area contributed by atoms with Crippen LogP contribution in [0.15, 0.2) is 18.3 Å². The number of aromatic nitrogens is 2. The molecule has 0 fully saturated rings. The van der Waals surface area contributed by atoms with Crippen molar-refractivity contribution < 1.29 is 0 Å². The van der Waals surface area contributed by atoms with Crippen molar-refractivity contribution in [2.45, 2.75) is 26.7 Å². The van der Waals surface area contributed by atoms with Crippen molar-refractivity contribution in [3.05, 3.63) is 23.9 Å². The predicted octanol–water partition coefficient (Wildman–Crippen LogP) is 2.50. The van der Waals surface area contributed by atoms with Gasteiger partial charge in [-0.05, 0) is 25.2 Å². The summed E-state index contributed by atoms with van der Waals surface area (Å²) in [7, 11) is 1.96. The molecule has 0 radical (unpaired) electrons. The molecule has 0 unspecified atom stereocenters. The van der Waals surface area contributed by atoms with E-state index in [4.69, 9.17) is 0 Å². The normalized spacial score (nSPS) is 18.3. The molecule has 1 N–H and O–H groups in total. The lowest BCUT2D eigenvalue weighted by Crippen LogP contribution is -2.23. The number of allylic oxidation sites excluding steroid dienone is 2. The number of nitrogens with zero attached hydrogens (tertiary/aromatic N) is 2. The Morgan fingerprint density at radius 3 is 2.67 bits per heavy atom. The van der Waals surface area contributed by atoms with Crippen molar-refractivity contribution in [1.29, 1.82) is 0 Å². The predicted molar refractivity (Wildman–Crippen MR) is 62.9 cm³/mol. The van der Waals surface area contributed by atoms with E-state index >= 15 is 0 Å². The van der Waals surface area contributed by atoms with E-state index in [1.165, 1.54) is 18.4 Å². The summed E-state index contributed by atoms with van der Waals surface area (Å²) in [6.07, 6.45) is 8.93. The first-order valence-corrected chi connectivity index (χ1v) is 5.48. The second-order valence-corrected chi connectivity index (χ2v) is 4.88. The molecule has 0 saturated heterocycles. The second-order valence-electron chi connectivity index (χ2n) is 4.88. The van der Waals surface area contributed by atoms with Crippen molar-refractivity contribution in [3.63, 3.8) is 0 Å². The molecule has 82 valence electrons. The van der Waals surface area contributed by atoms with Gasteiger partial charge >= 0.3 is 0 Å². The number of anilines is 1. The van der Waals surface area contributed by atoms with Gasteiger partial charge in [-0.2, -0.15) is 5.10 Å². The minimum atomic E-state index is 0.379. The fraction of sp³-hybridized carbons (Fsp3) is 0.583. The van der Waals surface area contributed by atoms with Crippen molar-refractivity contribution >= 4 is 5.82 Å². The lowest BCUT2D eigenvalue weighted by molar-refractivity contribution is 0.377. The molecule has 0 amide bonds. The minimum Gasteiger partial charge on any atom is -0.368 e. The number of hydrogen-bond acceptors (Lipinski definition) is 2. The third-order valence-corrected chi connectivity index (χ3v) is 3.08. The van der Waals surface area contributed by atoms with Gasteiger partial charge in [0.15, 0.2) is 5.82 Å². The summed E-state index contributed by atoms with van der Waals surface area (Å²) in [5.74, 6) is 1.02. The number of nitrogens with one attached hydrogen (secondary N) is 1. The third-order valence-electron chi connectivity index (χ3n) is 3.08. The lowest BCUT2D eigenvalue weighted by atomic mass is 9.88. The van der Waals surface area contributed by atoms with Crippen LogP contribution in [0.3, 0.4) is 0 Å². The van der Waals surface area contributed by atoms with E-state index < -0.39 is 0 Å². The van der Waals surface area contributed by atoms with Crippen molar-refractivity contribution in [2.75, 3.05) is 11.9 Å². The molecule has 0 spiro atoms. The Kier molecular flexibility index (Phi) is 2.55. The third kappa shape index (κ3) is 2.22. The molecule has 0 aromatic carbocycles. The Morgan fingerprint density at radius 2 is 2.13 bits per heavy atom. The maximum Gasteiger partial charge on any atom is 0.150 e. The van der Waals surface area contributed by atoms with Crippen LogP contribution in [-0.2, 0) is 7.05 Å². The van der Waals surface area contributed by atoms with Gasteiger partial charge < -0.3 is 5.32 Å². The highest BCUT2D eigenvalue weighted by Crippen LogP contribution is 2.32. The zero-order chi connectivity index (χ0) is 10.9. The maximum atomic E-state index is 4.39. The molecule has 15 heavy (non-hydrogen) atoms. The van der Waals surface area contributed by atoms with Crippen LogP contribution >= 0.6 is 0 Å². The Bertz CT molecular complexity index is 368. The van der Waals surface area contributed by atoms with Crippen molar-refractivity contribution in [2.24, 2.45) is 12.5 Å². The molecule has 0 atom stereocenters. The van der Waals surface area contributed by atoms with Gasteiger partial charge in [0.2, 0.25) is 0 Å². The fourth-order valence-corrected chi connectivity index (χ4v) is 2.04. The quantitative estimate of drug-likeness (QED) is 0.768. The van der Waals surface area contributed by atoms with Crippen molar-refractivity contribution in [1.82, 2.24) is 9.78 Å². The van der Waals surface area contributed by atoms with E-state index in [2.05, 4.69) is 36.4 Å². The van der Waals surface area contributed by atoms with Crippen LogP contribution in [-0.4, -0.2) is 16.3 Å². The van der Waals surface area contributed by atoms with E-state index in [1.807, 2.05) is 17.9 Å². The molecule has 1 aliphatic carbocycles. The molecular formula is C12H19N3. The van der Waals surface area contributed by atoms with Crippen LogP contribution in [0.4, 0.5) is 5.82 Å². The molecule has 1 aromatic rings. The zero-order valence-electron chi connectivity index (χ0n) is 9.75. The van der Waals surface area contributed by atoms with Crippen LogP contribution in [0.5, 0.6) is 0 Å². The second kappa shape index (κ2) is 3.72.